The second-order valence-corrected chi connectivity index (χ2v) is 12.1. The number of benzene rings is 2. The number of methoxy groups -OCH3 is 1. The summed E-state index contributed by atoms with van der Waals surface area (Å²) in [6.07, 6.45) is 7.01. The lowest BCUT2D eigenvalue weighted by Crippen LogP contribution is -2.39. The molecule has 2 aromatic carbocycles. The predicted octanol–water partition coefficient (Wildman–Crippen LogP) is 5.41. The molecule has 1 aliphatic heterocycles. The summed E-state index contributed by atoms with van der Waals surface area (Å²) in [6, 6.07) is 9.53. The van der Waals surface area contributed by atoms with Gasteiger partial charge in [0.25, 0.3) is 26.9 Å². The van der Waals surface area contributed by atoms with E-state index < -0.39 is 14.9 Å². The molecule has 2 aliphatic rings. The first kappa shape index (κ1) is 26.7. The number of imide groups is 1. The van der Waals surface area contributed by atoms with Crippen LogP contribution in [0.3, 0.4) is 0 Å². The summed E-state index contributed by atoms with van der Waals surface area (Å²) in [6.45, 7) is 2.55. The van der Waals surface area contributed by atoms with Gasteiger partial charge in [0.05, 0.1) is 23.0 Å². The molecule has 37 heavy (non-hydrogen) atoms. The van der Waals surface area contributed by atoms with Crippen molar-refractivity contribution < 1.29 is 27.7 Å². The Morgan fingerprint density at radius 2 is 1.81 bits per heavy atom. The molecule has 10 nitrogen and oxygen atoms in total. The Morgan fingerprint density at radius 3 is 2.43 bits per heavy atom. The quantitative estimate of drug-likeness (QED) is 0.264. The third-order valence-electron chi connectivity index (χ3n) is 6.58. The number of hydrogen-bond donors (Lipinski definition) is 1. The average molecular weight is 546 g/mol. The van der Waals surface area contributed by atoms with Gasteiger partial charge in [-0.1, -0.05) is 38.3 Å². The normalized spacial score (nSPS) is 18.8. The van der Waals surface area contributed by atoms with Crippen molar-refractivity contribution in [3.05, 3.63) is 63.0 Å². The topological polar surface area (TPSA) is 136 Å². The highest BCUT2D eigenvalue weighted by Gasteiger charge is 2.40. The summed E-state index contributed by atoms with van der Waals surface area (Å²) < 4.78 is 33.2. The summed E-state index contributed by atoms with van der Waals surface area (Å²) in [5.41, 5.74) is 0.531. The zero-order chi connectivity index (χ0) is 26.8. The van der Waals surface area contributed by atoms with Crippen LogP contribution in [0.15, 0.2) is 52.3 Å². The number of anilines is 1. The molecule has 0 unspecified atom stereocenters. The Kier molecular flexibility index (Phi) is 7.60. The van der Waals surface area contributed by atoms with Gasteiger partial charge in [0.1, 0.15) is 10.6 Å². The van der Waals surface area contributed by atoms with Gasteiger partial charge in [-0.15, -0.1) is 0 Å². The summed E-state index contributed by atoms with van der Waals surface area (Å²) in [4.78, 5) is 37.3. The highest BCUT2D eigenvalue weighted by Crippen LogP contribution is 2.40. The zero-order valence-electron chi connectivity index (χ0n) is 20.4. The van der Waals surface area contributed by atoms with Crippen molar-refractivity contribution >= 4 is 50.4 Å². The number of amides is 2. The standard InChI is InChI=1S/C25H27N3O7S2/c1-25(12-4-3-5-13-25)16-27-23(29)21(36-24(27)30)14-17-6-8-18(9-7-17)26-37(33,34)22-11-10-19(28(31)32)15-20(22)35-2/h6-11,14-15,26H,3-5,12-13,16H2,1-2H3. The Morgan fingerprint density at radius 1 is 1.14 bits per heavy atom. The number of nitrogens with zero attached hydrogens (tertiary/aromatic N) is 2. The minimum absolute atomic E-state index is 0.0509. The summed E-state index contributed by atoms with van der Waals surface area (Å²) >= 11 is 0.908. The molecule has 1 saturated carbocycles. The minimum atomic E-state index is -4.10. The van der Waals surface area contributed by atoms with Crippen molar-refractivity contribution in [2.75, 3.05) is 18.4 Å². The summed E-state index contributed by atoms with van der Waals surface area (Å²) in [7, 11) is -2.87. The molecule has 1 saturated heterocycles. The van der Waals surface area contributed by atoms with E-state index in [0.29, 0.717) is 17.0 Å². The van der Waals surface area contributed by atoms with Crippen LogP contribution in [0.25, 0.3) is 6.08 Å². The van der Waals surface area contributed by atoms with Crippen molar-refractivity contribution in [2.24, 2.45) is 5.41 Å². The van der Waals surface area contributed by atoms with Gasteiger partial charge in [0, 0.05) is 18.3 Å². The highest BCUT2D eigenvalue weighted by atomic mass is 32.2. The first-order chi connectivity index (χ1) is 17.5. The maximum atomic E-state index is 12.9. The van der Waals surface area contributed by atoms with E-state index in [2.05, 4.69) is 11.6 Å². The van der Waals surface area contributed by atoms with Gasteiger partial charge in [-0.25, -0.2) is 8.42 Å². The van der Waals surface area contributed by atoms with E-state index in [9.17, 15) is 28.1 Å². The Balaban J connectivity index is 1.47. The van der Waals surface area contributed by atoms with Crippen LogP contribution in [0.1, 0.15) is 44.6 Å². The molecule has 0 bridgehead atoms. The lowest BCUT2D eigenvalue weighted by Gasteiger charge is -2.35. The Labute approximate surface area is 219 Å². The van der Waals surface area contributed by atoms with Gasteiger partial charge in [0.2, 0.25) is 0 Å². The number of rotatable bonds is 8. The van der Waals surface area contributed by atoms with Gasteiger partial charge >= 0.3 is 0 Å². The molecule has 0 atom stereocenters. The number of non-ortho nitro benzene ring substituents is 1. The van der Waals surface area contributed by atoms with Crippen LogP contribution in [0.5, 0.6) is 5.75 Å². The van der Waals surface area contributed by atoms with E-state index in [0.717, 1.165) is 55.6 Å². The van der Waals surface area contributed by atoms with E-state index in [-0.39, 0.29) is 38.6 Å². The molecule has 2 aromatic rings. The van der Waals surface area contributed by atoms with E-state index in [1.54, 1.807) is 18.2 Å². The van der Waals surface area contributed by atoms with E-state index in [4.69, 9.17) is 4.74 Å². The highest BCUT2D eigenvalue weighted by molar-refractivity contribution is 8.18. The molecule has 0 spiro atoms. The first-order valence-electron chi connectivity index (χ1n) is 11.7. The number of thioether (sulfide) groups is 1. The van der Waals surface area contributed by atoms with Crippen molar-refractivity contribution in [2.45, 2.75) is 43.9 Å². The predicted molar refractivity (Wildman–Crippen MR) is 141 cm³/mol. The van der Waals surface area contributed by atoms with Gasteiger partial charge < -0.3 is 4.74 Å². The van der Waals surface area contributed by atoms with Crippen molar-refractivity contribution in [1.29, 1.82) is 0 Å². The third kappa shape index (κ3) is 5.96. The van der Waals surface area contributed by atoms with Crippen LogP contribution >= 0.6 is 11.8 Å². The molecule has 12 heteroatoms. The van der Waals surface area contributed by atoms with Crippen LogP contribution in [0.2, 0.25) is 0 Å². The van der Waals surface area contributed by atoms with Crippen molar-refractivity contribution in [3.63, 3.8) is 0 Å². The number of hydrogen-bond acceptors (Lipinski definition) is 8. The van der Waals surface area contributed by atoms with Gasteiger partial charge in [-0.2, -0.15) is 0 Å². The molecular formula is C25H27N3O7S2. The fourth-order valence-corrected chi connectivity index (χ4v) is 6.63. The van der Waals surface area contributed by atoms with Crippen molar-refractivity contribution in [3.8, 4) is 5.75 Å². The monoisotopic (exact) mass is 545 g/mol. The molecule has 196 valence electrons. The molecule has 1 aliphatic carbocycles. The number of nitro benzene ring substituents is 1. The number of carbonyl (C=O) groups excluding carboxylic acids is 2. The molecular weight excluding hydrogens is 518 g/mol. The largest absolute Gasteiger partial charge is 0.495 e. The van der Waals surface area contributed by atoms with E-state index in [1.807, 2.05) is 0 Å². The number of ether oxygens (including phenoxy) is 1. The fourth-order valence-electron chi connectivity index (χ4n) is 4.58. The van der Waals surface area contributed by atoms with E-state index >= 15 is 0 Å². The second-order valence-electron chi connectivity index (χ2n) is 9.46. The van der Waals surface area contributed by atoms with Gasteiger partial charge in [-0.05, 0) is 59.9 Å². The Bertz CT molecular complexity index is 1370. The third-order valence-corrected chi connectivity index (χ3v) is 8.91. The smallest absolute Gasteiger partial charge is 0.293 e. The molecule has 1 heterocycles. The zero-order valence-corrected chi connectivity index (χ0v) is 22.1. The number of carbonyl (C=O) groups is 2. The number of sulfonamides is 1. The molecule has 4 rings (SSSR count). The lowest BCUT2D eigenvalue weighted by molar-refractivity contribution is -0.385. The molecule has 1 N–H and O–H groups in total. The molecule has 2 fully saturated rings. The Hall–Kier alpha value is -3.38. The van der Waals surface area contributed by atoms with Crippen LogP contribution in [-0.2, 0) is 14.8 Å². The number of nitro groups is 1. The fraction of sp³-hybridized carbons (Fsp3) is 0.360. The van der Waals surface area contributed by atoms with E-state index in [1.165, 1.54) is 30.6 Å². The molecule has 0 radical (unpaired) electrons. The van der Waals surface area contributed by atoms with Crippen LogP contribution in [0.4, 0.5) is 16.2 Å². The lowest BCUT2D eigenvalue weighted by atomic mass is 9.75. The maximum Gasteiger partial charge on any atom is 0.293 e. The minimum Gasteiger partial charge on any atom is -0.495 e. The van der Waals surface area contributed by atoms with Crippen LogP contribution < -0.4 is 9.46 Å². The average Bonchev–Trinajstić information content (AvgIpc) is 3.11. The summed E-state index contributed by atoms with van der Waals surface area (Å²) in [5, 5.41) is 10.7. The number of nitrogens with one attached hydrogen (secondary N) is 1. The second kappa shape index (κ2) is 10.5. The molecule has 0 aromatic heterocycles. The van der Waals surface area contributed by atoms with Gasteiger partial charge in [0.15, 0.2) is 0 Å². The van der Waals surface area contributed by atoms with Crippen molar-refractivity contribution in [1.82, 2.24) is 4.90 Å². The van der Waals surface area contributed by atoms with Crippen LogP contribution in [-0.4, -0.2) is 43.0 Å². The maximum absolute atomic E-state index is 12.9. The first-order valence-corrected chi connectivity index (χ1v) is 14.0. The van der Waals surface area contributed by atoms with Crippen LogP contribution in [0, 0.1) is 15.5 Å². The molecule has 2 amide bonds. The van der Waals surface area contributed by atoms with Gasteiger partial charge in [-0.3, -0.25) is 29.3 Å². The summed E-state index contributed by atoms with van der Waals surface area (Å²) in [5.74, 6) is -0.465. The SMILES string of the molecule is COc1cc([N+](=O)[O-])ccc1S(=O)(=O)Nc1ccc(C=C2SC(=O)N(CC3(C)CCCCC3)C2=O)cc1.